The van der Waals surface area contributed by atoms with E-state index in [4.69, 9.17) is 5.73 Å². The third-order valence-corrected chi connectivity index (χ3v) is 2.62. The zero-order valence-corrected chi connectivity index (χ0v) is 11.0. The van der Waals surface area contributed by atoms with Gasteiger partial charge in [-0.2, -0.15) is 0 Å². The molecule has 0 bridgehead atoms. The number of hydrogen-bond acceptors (Lipinski definition) is 3. The Labute approximate surface area is 99.6 Å². The molecule has 0 aromatic heterocycles. The lowest BCUT2D eigenvalue weighted by Crippen LogP contribution is -2.35. The molecule has 3 N–H and O–H groups in total. The molecule has 0 aliphatic rings. The molecule has 0 saturated carbocycles. The van der Waals surface area contributed by atoms with Crippen molar-refractivity contribution < 1.29 is 4.79 Å². The summed E-state index contributed by atoms with van der Waals surface area (Å²) in [7, 11) is 4.12. The van der Waals surface area contributed by atoms with Crippen molar-refractivity contribution in [1.82, 2.24) is 10.2 Å². The topological polar surface area (TPSA) is 58.4 Å². The van der Waals surface area contributed by atoms with Gasteiger partial charge in [-0.1, -0.05) is 13.3 Å². The fourth-order valence-corrected chi connectivity index (χ4v) is 1.61. The highest BCUT2D eigenvalue weighted by molar-refractivity contribution is 5.78. The predicted octanol–water partition coefficient (Wildman–Crippen LogP) is 0.819. The van der Waals surface area contributed by atoms with Gasteiger partial charge in [0.05, 0.1) is 5.92 Å². The molecule has 0 aliphatic heterocycles. The zero-order chi connectivity index (χ0) is 12.4. The molecule has 0 aromatic rings. The first-order valence-electron chi connectivity index (χ1n) is 6.24. The van der Waals surface area contributed by atoms with E-state index in [1.165, 1.54) is 0 Å². The van der Waals surface area contributed by atoms with Gasteiger partial charge in [0.25, 0.3) is 0 Å². The first kappa shape index (κ1) is 15.4. The highest BCUT2D eigenvalue weighted by Crippen LogP contribution is 2.04. The van der Waals surface area contributed by atoms with Gasteiger partial charge in [0.15, 0.2) is 0 Å². The Bertz CT molecular complexity index is 183. The number of amides is 1. The van der Waals surface area contributed by atoms with Crippen molar-refractivity contribution in [2.24, 2.45) is 11.7 Å². The molecule has 4 heteroatoms. The molecule has 0 aromatic carbocycles. The minimum absolute atomic E-state index is 0.00107. The van der Waals surface area contributed by atoms with E-state index in [-0.39, 0.29) is 11.8 Å². The van der Waals surface area contributed by atoms with Crippen LogP contribution in [0.5, 0.6) is 0 Å². The number of hydrogen-bond donors (Lipinski definition) is 2. The Morgan fingerprint density at radius 3 is 2.56 bits per heavy atom. The Balaban J connectivity index is 3.55. The molecule has 96 valence electrons. The normalized spacial score (nSPS) is 12.8. The summed E-state index contributed by atoms with van der Waals surface area (Å²) in [6, 6.07) is 0. The molecule has 0 aliphatic carbocycles. The minimum atomic E-state index is -0.00107. The van der Waals surface area contributed by atoms with Crippen molar-refractivity contribution in [3.8, 4) is 0 Å². The lowest BCUT2D eigenvalue weighted by atomic mass is 10.0. The van der Waals surface area contributed by atoms with E-state index in [0.29, 0.717) is 6.54 Å². The summed E-state index contributed by atoms with van der Waals surface area (Å²) in [5, 5.41) is 2.95. The Kier molecular flexibility index (Phi) is 9.24. The number of nitrogens with zero attached hydrogens (tertiary/aromatic N) is 1. The molecular formula is C12H27N3O. The van der Waals surface area contributed by atoms with Gasteiger partial charge >= 0.3 is 0 Å². The summed E-state index contributed by atoms with van der Waals surface area (Å²) < 4.78 is 0. The van der Waals surface area contributed by atoms with Crippen molar-refractivity contribution in [1.29, 1.82) is 0 Å². The van der Waals surface area contributed by atoms with Gasteiger partial charge in [-0.15, -0.1) is 0 Å². The lowest BCUT2D eigenvalue weighted by molar-refractivity contribution is -0.124. The van der Waals surface area contributed by atoms with Crippen LogP contribution in [0.2, 0.25) is 0 Å². The molecule has 0 rings (SSSR count). The van der Waals surface area contributed by atoms with Crippen molar-refractivity contribution in [2.45, 2.75) is 32.6 Å². The Morgan fingerprint density at radius 1 is 1.38 bits per heavy atom. The van der Waals surface area contributed by atoms with Gasteiger partial charge in [0.1, 0.15) is 0 Å². The van der Waals surface area contributed by atoms with Crippen LogP contribution in [0.25, 0.3) is 0 Å². The van der Waals surface area contributed by atoms with Gasteiger partial charge in [-0.25, -0.2) is 0 Å². The SMILES string of the molecule is CCCC(CN)C(=O)NCCCCN(C)C. The molecule has 4 nitrogen and oxygen atoms in total. The fourth-order valence-electron chi connectivity index (χ4n) is 1.61. The summed E-state index contributed by atoms with van der Waals surface area (Å²) in [6.07, 6.45) is 4.05. The van der Waals surface area contributed by atoms with Gasteiger partial charge in [-0.3, -0.25) is 4.79 Å². The summed E-state index contributed by atoms with van der Waals surface area (Å²) in [6.45, 7) is 4.38. The maximum atomic E-state index is 11.7. The van der Waals surface area contributed by atoms with E-state index >= 15 is 0 Å². The largest absolute Gasteiger partial charge is 0.356 e. The molecule has 0 heterocycles. The van der Waals surface area contributed by atoms with Crippen LogP contribution in [0.1, 0.15) is 32.6 Å². The monoisotopic (exact) mass is 229 g/mol. The van der Waals surface area contributed by atoms with Crippen LogP contribution < -0.4 is 11.1 Å². The molecular weight excluding hydrogens is 202 g/mol. The lowest BCUT2D eigenvalue weighted by Gasteiger charge is -2.14. The summed E-state index contributed by atoms with van der Waals surface area (Å²) in [4.78, 5) is 13.8. The van der Waals surface area contributed by atoms with Crippen LogP contribution in [0, 0.1) is 5.92 Å². The molecule has 0 fully saturated rings. The van der Waals surface area contributed by atoms with Crippen LogP contribution >= 0.6 is 0 Å². The summed E-state index contributed by atoms with van der Waals surface area (Å²) in [5.41, 5.74) is 5.56. The first-order chi connectivity index (χ1) is 7.61. The van der Waals surface area contributed by atoms with E-state index < -0.39 is 0 Å². The summed E-state index contributed by atoms with van der Waals surface area (Å²) >= 11 is 0. The van der Waals surface area contributed by atoms with Crippen LogP contribution in [-0.4, -0.2) is 44.5 Å². The highest BCUT2D eigenvalue weighted by atomic mass is 16.1. The number of nitrogens with one attached hydrogen (secondary N) is 1. The predicted molar refractivity (Wildman–Crippen MR) is 68.3 cm³/mol. The molecule has 0 radical (unpaired) electrons. The molecule has 0 saturated heterocycles. The summed E-state index contributed by atoms with van der Waals surface area (Å²) in [5.74, 6) is 0.119. The smallest absolute Gasteiger partial charge is 0.224 e. The Hall–Kier alpha value is -0.610. The second kappa shape index (κ2) is 9.60. The zero-order valence-electron chi connectivity index (χ0n) is 11.0. The third kappa shape index (κ3) is 7.65. The quantitative estimate of drug-likeness (QED) is 0.576. The Morgan fingerprint density at radius 2 is 2.06 bits per heavy atom. The number of unbranched alkanes of at least 4 members (excludes halogenated alkanes) is 1. The molecule has 1 unspecified atom stereocenters. The average Bonchev–Trinajstić information content (AvgIpc) is 2.24. The van der Waals surface area contributed by atoms with Crippen molar-refractivity contribution in [3.05, 3.63) is 0 Å². The van der Waals surface area contributed by atoms with Crippen LogP contribution in [0.15, 0.2) is 0 Å². The van der Waals surface area contributed by atoms with Gasteiger partial charge in [0, 0.05) is 13.1 Å². The first-order valence-corrected chi connectivity index (χ1v) is 6.24. The number of nitrogens with two attached hydrogens (primary N) is 1. The highest BCUT2D eigenvalue weighted by Gasteiger charge is 2.14. The average molecular weight is 229 g/mol. The van der Waals surface area contributed by atoms with Gasteiger partial charge in [-0.05, 0) is 39.9 Å². The molecule has 16 heavy (non-hydrogen) atoms. The standard InChI is InChI=1S/C12H27N3O/c1-4-7-11(10-13)12(16)14-8-5-6-9-15(2)3/h11H,4-10,13H2,1-3H3,(H,14,16). The van der Waals surface area contributed by atoms with Crippen molar-refractivity contribution in [2.75, 3.05) is 33.7 Å². The molecule has 1 atom stereocenters. The van der Waals surface area contributed by atoms with Gasteiger partial charge in [0.2, 0.25) is 5.91 Å². The van der Waals surface area contributed by atoms with E-state index in [0.717, 1.165) is 38.8 Å². The second-order valence-electron chi connectivity index (χ2n) is 4.52. The van der Waals surface area contributed by atoms with E-state index in [2.05, 4.69) is 31.2 Å². The van der Waals surface area contributed by atoms with Crippen LogP contribution in [0.3, 0.4) is 0 Å². The van der Waals surface area contributed by atoms with Crippen molar-refractivity contribution in [3.63, 3.8) is 0 Å². The maximum Gasteiger partial charge on any atom is 0.224 e. The minimum Gasteiger partial charge on any atom is -0.356 e. The number of carbonyl (C=O) groups excluding carboxylic acids is 1. The van der Waals surface area contributed by atoms with E-state index in [1.54, 1.807) is 0 Å². The molecule has 0 spiro atoms. The van der Waals surface area contributed by atoms with E-state index in [1.807, 2.05) is 0 Å². The van der Waals surface area contributed by atoms with Crippen LogP contribution in [-0.2, 0) is 4.79 Å². The third-order valence-electron chi connectivity index (χ3n) is 2.62. The maximum absolute atomic E-state index is 11.7. The fraction of sp³-hybridized carbons (Fsp3) is 0.917. The van der Waals surface area contributed by atoms with Gasteiger partial charge < -0.3 is 16.0 Å². The molecule has 1 amide bonds. The number of carbonyl (C=O) groups is 1. The van der Waals surface area contributed by atoms with Crippen molar-refractivity contribution >= 4 is 5.91 Å². The number of rotatable bonds is 9. The van der Waals surface area contributed by atoms with Crippen LogP contribution in [0.4, 0.5) is 0 Å². The second-order valence-corrected chi connectivity index (χ2v) is 4.52. The van der Waals surface area contributed by atoms with E-state index in [9.17, 15) is 4.79 Å².